The number of carbonyl (C=O) groups is 1. The van der Waals surface area contributed by atoms with Gasteiger partial charge >= 0.3 is 0 Å². The highest BCUT2D eigenvalue weighted by Crippen LogP contribution is 2.44. The Morgan fingerprint density at radius 2 is 1.76 bits per heavy atom. The third-order valence-corrected chi connectivity index (χ3v) is 9.01. The number of rotatable bonds is 5. The van der Waals surface area contributed by atoms with E-state index in [0.717, 1.165) is 31.2 Å². The van der Waals surface area contributed by atoms with Crippen LogP contribution in [0.4, 0.5) is 0 Å². The molecule has 8 heteroatoms. The highest BCUT2D eigenvalue weighted by molar-refractivity contribution is 7.89. The zero-order valence-corrected chi connectivity index (χ0v) is 19.6. The van der Waals surface area contributed by atoms with Crippen LogP contribution in [0.5, 0.6) is 11.5 Å². The van der Waals surface area contributed by atoms with Gasteiger partial charge in [-0.1, -0.05) is 43.2 Å². The van der Waals surface area contributed by atoms with Gasteiger partial charge in [0.15, 0.2) is 11.5 Å². The molecule has 2 fully saturated rings. The number of fused-ring (bicyclic) bond motifs is 2. The lowest BCUT2D eigenvalue weighted by atomic mass is 9.85. The van der Waals surface area contributed by atoms with Crippen molar-refractivity contribution < 1.29 is 22.7 Å². The molecule has 1 aliphatic carbocycles. The van der Waals surface area contributed by atoms with E-state index in [1.807, 2.05) is 37.3 Å². The molecule has 7 nitrogen and oxygen atoms in total. The first-order valence-electron chi connectivity index (χ1n) is 11.7. The Kier molecular flexibility index (Phi) is 6.05. The molecule has 2 aromatic rings. The molecule has 2 heterocycles. The minimum absolute atomic E-state index is 0.145. The molecular formula is C25H30N2O5S. The topological polar surface area (TPSA) is 84.9 Å². The lowest BCUT2D eigenvalue weighted by molar-refractivity contribution is -0.125. The maximum atomic E-state index is 13.9. The average molecular weight is 471 g/mol. The fraction of sp³-hybridized carbons (Fsp3) is 0.480. The van der Waals surface area contributed by atoms with Crippen LogP contribution < -0.4 is 14.8 Å². The van der Waals surface area contributed by atoms with Gasteiger partial charge in [-0.15, -0.1) is 0 Å². The summed E-state index contributed by atoms with van der Waals surface area (Å²) in [5.74, 6) is 0.943. The molecule has 1 amide bonds. The Labute approximate surface area is 195 Å². The van der Waals surface area contributed by atoms with Crippen LogP contribution in [0.25, 0.3) is 0 Å². The molecule has 1 saturated heterocycles. The minimum Gasteiger partial charge on any atom is -0.486 e. The summed E-state index contributed by atoms with van der Waals surface area (Å²) in [5.41, 5.74) is 0.988. The summed E-state index contributed by atoms with van der Waals surface area (Å²) >= 11 is 0. The van der Waals surface area contributed by atoms with Crippen LogP contribution in [0.15, 0.2) is 53.4 Å². The molecule has 3 aliphatic rings. The van der Waals surface area contributed by atoms with Gasteiger partial charge in [-0.2, -0.15) is 4.31 Å². The highest BCUT2D eigenvalue weighted by Gasteiger charge is 2.51. The first-order chi connectivity index (χ1) is 15.9. The Morgan fingerprint density at radius 1 is 1.03 bits per heavy atom. The van der Waals surface area contributed by atoms with Gasteiger partial charge in [-0.05, 0) is 49.8 Å². The van der Waals surface area contributed by atoms with Gasteiger partial charge in [-0.25, -0.2) is 8.42 Å². The SMILES string of the molecule is C[C@H](NC(=O)[C@@H]1C[C@H]2CCCC[C@H]2N1S(=O)(=O)c1ccc2c(c1)OCCO2)c1ccccc1. The Balaban J connectivity index is 1.45. The van der Waals surface area contributed by atoms with Gasteiger partial charge in [-0.3, -0.25) is 4.79 Å². The molecule has 0 bridgehead atoms. The number of hydrogen-bond donors (Lipinski definition) is 1. The summed E-state index contributed by atoms with van der Waals surface area (Å²) in [4.78, 5) is 13.6. The first-order valence-corrected chi connectivity index (χ1v) is 13.2. The maximum absolute atomic E-state index is 13.9. The molecule has 5 rings (SSSR count). The molecule has 4 atom stereocenters. The van der Waals surface area contributed by atoms with Crippen molar-refractivity contribution in [3.8, 4) is 11.5 Å². The van der Waals surface area contributed by atoms with E-state index < -0.39 is 16.1 Å². The van der Waals surface area contributed by atoms with Crippen molar-refractivity contribution in [2.24, 2.45) is 5.92 Å². The van der Waals surface area contributed by atoms with Crippen LogP contribution in [0.2, 0.25) is 0 Å². The quantitative estimate of drug-likeness (QED) is 0.721. The van der Waals surface area contributed by atoms with Crippen LogP contribution >= 0.6 is 0 Å². The summed E-state index contributed by atoms with van der Waals surface area (Å²) in [5, 5.41) is 3.06. The van der Waals surface area contributed by atoms with Crippen molar-refractivity contribution in [3.63, 3.8) is 0 Å². The molecule has 2 aliphatic heterocycles. The number of nitrogens with one attached hydrogen (secondary N) is 1. The minimum atomic E-state index is -3.90. The van der Waals surface area contributed by atoms with E-state index in [9.17, 15) is 13.2 Å². The maximum Gasteiger partial charge on any atom is 0.244 e. The third-order valence-electron chi connectivity index (χ3n) is 7.08. The summed E-state index contributed by atoms with van der Waals surface area (Å²) in [6.07, 6.45) is 4.35. The molecule has 1 N–H and O–H groups in total. The molecule has 176 valence electrons. The second-order valence-corrected chi connectivity index (χ2v) is 11.0. The molecule has 0 radical (unpaired) electrons. The average Bonchev–Trinajstić information content (AvgIpc) is 3.25. The van der Waals surface area contributed by atoms with Crippen molar-refractivity contribution in [2.45, 2.75) is 62.0 Å². The number of amides is 1. The van der Waals surface area contributed by atoms with E-state index in [-0.39, 0.29) is 28.8 Å². The predicted molar refractivity (Wildman–Crippen MR) is 124 cm³/mol. The van der Waals surface area contributed by atoms with E-state index in [1.165, 1.54) is 10.4 Å². The summed E-state index contributed by atoms with van der Waals surface area (Å²) in [6.45, 7) is 2.75. The van der Waals surface area contributed by atoms with Crippen LogP contribution in [-0.2, 0) is 14.8 Å². The largest absolute Gasteiger partial charge is 0.486 e. The van der Waals surface area contributed by atoms with Crippen LogP contribution in [0, 0.1) is 5.92 Å². The standard InChI is InChI=1S/C25H30N2O5S/c1-17(18-7-3-2-4-8-18)26-25(28)22-15-19-9-5-6-10-21(19)27(22)33(29,30)20-11-12-23-24(16-20)32-14-13-31-23/h2-4,7-8,11-12,16-17,19,21-22H,5-6,9-10,13-15H2,1H3,(H,26,28)/t17-,19+,21+,22-/m0/s1. The van der Waals surface area contributed by atoms with Gasteiger partial charge in [0.25, 0.3) is 0 Å². The zero-order valence-electron chi connectivity index (χ0n) is 18.8. The van der Waals surface area contributed by atoms with Gasteiger partial charge in [0.2, 0.25) is 15.9 Å². The smallest absolute Gasteiger partial charge is 0.244 e. The zero-order chi connectivity index (χ0) is 23.0. The first kappa shape index (κ1) is 22.2. The van der Waals surface area contributed by atoms with E-state index in [0.29, 0.717) is 31.1 Å². The van der Waals surface area contributed by atoms with Crippen molar-refractivity contribution >= 4 is 15.9 Å². The molecule has 1 saturated carbocycles. The van der Waals surface area contributed by atoms with Gasteiger partial charge < -0.3 is 14.8 Å². The third kappa shape index (κ3) is 4.22. The van der Waals surface area contributed by atoms with Crippen LogP contribution in [0.3, 0.4) is 0 Å². The molecule has 2 aromatic carbocycles. The Bertz CT molecular complexity index is 1120. The normalized spacial score (nSPS) is 25.8. The number of hydrogen-bond acceptors (Lipinski definition) is 5. The second kappa shape index (κ2) is 8.99. The molecular weight excluding hydrogens is 440 g/mol. The number of nitrogens with zero attached hydrogens (tertiary/aromatic N) is 1. The molecule has 33 heavy (non-hydrogen) atoms. The number of ether oxygens (including phenoxy) is 2. The molecule has 0 spiro atoms. The summed E-state index contributed by atoms with van der Waals surface area (Å²) < 4.78 is 40.5. The number of sulfonamides is 1. The summed E-state index contributed by atoms with van der Waals surface area (Å²) in [7, 11) is -3.90. The van der Waals surface area contributed by atoms with E-state index >= 15 is 0 Å². The van der Waals surface area contributed by atoms with Gasteiger partial charge in [0, 0.05) is 12.1 Å². The molecule has 0 aromatic heterocycles. The van der Waals surface area contributed by atoms with Crippen molar-refractivity contribution in [2.75, 3.05) is 13.2 Å². The van der Waals surface area contributed by atoms with Crippen LogP contribution in [-0.4, -0.2) is 43.9 Å². The van der Waals surface area contributed by atoms with Crippen molar-refractivity contribution in [3.05, 3.63) is 54.1 Å². The van der Waals surface area contributed by atoms with E-state index in [4.69, 9.17) is 9.47 Å². The number of benzene rings is 2. The second-order valence-electron chi connectivity index (χ2n) is 9.14. The fourth-order valence-electron chi connectivity index (χ4n) is 5.43. The van der Waals surface area contributed by atoms with Crippen molar-refractivity contribution in [1.29, 1.82) is 0 Å². The van der Waals surface area contributed by atoms with Crippen molar-refractivity contribution in [1.82, 2.24) is 9.62 Å². The lowest BCUT2D eigenvalue weighted by Gasteiger charge is -2.33. The fourth-order valence-corrected chi connectivity index (χ4v) is 7.32. The predicted octanol–water partition coefficient (Wildman–Crippen LogP) is 3.66. The van der Waals surface area contributed by atoms with Crippen LogP contribution in [0.1, 0.15) is 50.6 Å². The van der Waals surface area contributed by atoms with E-state index in [2.05, 4.69) is 5.32 Å². The van der Waals surface area contributed by atoms with Gasteiger partial charge in [0.1, 0.15) is 19.3 Å². The van der Waals surface area contributed by atoms with E-state index in [1.54, 1.807) is 12.1 Å². The lowest BCUT2D eigenvalue weighted by Crippen LogP contribution is -2.49. The molecule has 0 unspecified atom stereocenters. The summed E-state index contributed by atoms with van der Waals surface area (Å²) in [6, 6.07) is 13.4. The highest BCUT2D eigenvalue weighted by atomic mass is 32.2. The Morgan fingerprint density at radius 3 is 2.55 bits per heavy atom. The monoisotopic (exact) mass is 470 g/mol. The van der Waals surface area contributed by atoms with Gasteiger partial charge in [0.05, 0.1) is 10.9 Å². The Hall–Kier alpha value is -2.58. The number of carbonyl (C=O) groups excluding carboxylic acids is 1.